The molecule has 0 N–H and O–H groups in total. The number of hydrogen-bond donors (Lipinski definition) is 0. The number of fused-ring (bicyclic) bond motifs is 1. The average molecular weight is 438 g/mol. The minimum absolute atomic E-state index is 0.0123. The number of rotatable bonds is 5. The zero-order valence-electron chi connectivity index (χ0n) is 18.4. The van der Waals surface area contributed by atoms with Crippen molar-refractivity contribution in [3.63, 3.8) is 0 Å². The minimum atomic E-state index is -0.499. The third kappa shape index (κ3) is 4.63. The molecule has 0 aliphatic carbocycles. The summed E-state index contributed by atoms with van der Waals surface area (Å²) in [6.45, 7) is 2.43. The molecule has 164 valence electrons. The van der Waals surface area contributed by atoms with Crippen LogP contribution in [0.5, 0.6) is 11.5 Å². The lowest BCUT2D eigenvalue weighted by atomic mass is 10.1. The van der Waals surface area contributed by atoms with Crippen molar-refractivity contribution in [1.82, 2.24) is 0 Å². The maximum Gasteiger partial charge on any atom is 0.343 e. The number of anilines is 1. The number of carbonyl (C=O) groups is 2. The summed E-state index contributed by atoms with van der Waals surface area (Å²) in [5.74, 6) is -0.280. The van der Waals surface area contributed by atoms with Crippen LogP contribution in [0.15, 0.2) is 72.3 Å². The Hall–Kier alpha value is -4.37. The third-order valence-electron chi connectivity index (χ3n) is 5.44. The number of benzene rings is 3. The maximum absolute atomic E-state index is 13.0. The predicted molar refractivity (Wildman–Crippen MR) is 125 cm³/mol. The van der Waals surface area contributed by atoms with E-state index in [0.717, 1.165) is 23.2 Å². The number of nitrogens with zero attached hydrogens (tertiary/aromatic N) is 2. The zero-order valence-corrected chi connectivity index (χ0v) is 18.4. The standard InChI is InChI=1S/C27H22N2O4/c1-18-6-5-8-21(14-18)27(31)33-24-11-10-19(16-25(24)32-2)15-22(17-28)26(30)29-13-12-20-7-3-4-9-23(20)29/h3-11,14-16H,12-13H2,1-2H3. The lowest BCUT2D eigenvalue weighted by Crippen LogP contribution is -2.29. The number of carbonyl (C=O) groups excluding carboxylic acids is 2. The SMILES string of the molecule is COc1cc(C=C(C#N)C(=O)N2CCc3ccccc32)ccc1OC(=O)c1cccc(C)c1. The highest BCUT2D eigenvalue weighted by Crippen LogP contribution is 2.31. The molecular weight excluding hydrogens is 416 g/mol. The Morgan fingerprint density at radius 3 is 2.61 bits per heavy atom. The molecule has 4 rings (SSSR count). The van der Waals surface area contributed by atoms with E-state index in [-0.39, 0.29) is 17.2 Å². The van der Waals surface area contributed by atoms with Crippen LogP contribution >= 0.6 is 0 Å². The normalized spacial score (nSPS) is 12.6. The van der Waals surface area contributed by atoms with Gasteiger partial charge in [0.05, 0.1) is 12.7 Å². The van der Waals surface area contributed by atoms with Crippen molar-refractivity contribution < 1.29 is 19.1 Å². The van der Waals surface area contributed by atoms with E-state index in [4.69, 9.17) is 9.47 Å². The molecule has 0 radical (unpaired) electrons. The Labute approximate surface area is 192 Å². The molecule has 1 aliphatic rings. The number of para-hydroxylation sites is 1. The van der Waals surface area contributed by atoms with Crippen LogP contribution in [-0.2, 0) is 11.2 Å². The van der Waals surface area contributed by atoms with Gasteiger partial charge < -0.3 is 14.4 Å². The van der Waals surface area contributed by atoms with E-state index >= 15 is 0 Å². The van der Waals surface area contributed by atoms with E-state index < -0.39 is 5.97 Å². The van der Waals surface area contributed by atoms with Gasteiger partial charge in [-0.1, -0.05) is 42.0 Å². The molecule has 0 atom stereocenters. The fourth-order valence-electron chi connectivity index (χ4n) is 3.79. The van der Waals surface area contributed by atoms with E-state index in [1.54, 1.807) is 41.3 Å². The Kier molecular flexibility index (Phi) is 6.23. The summed E-state index contributed by atoms with van der Waals surface area (Å²) in [7, 11) is 1.46. The number of aryl methyl sites for hydroxylation is 1. The van der Waals surface area contributed by atoms with Gasteiger partial charge in [0.2, 0.25) is 0 Å². The van der Waals surface area contributed by atoms with E-state index in [2.05, 4.69) is 0 Å². The molecule has 0 saturated carbocycles. The first-order valence-electron chi connectivity index (χ1n) is 10.5. The van der Waals surface area contributed by atoms with Crippen LogP contribution in [0, 0.1) is 18.3 Å². The highest BCUT2D eigenvalue weighted by atomic mass is 16.6. The second-order valence-electron chi connectivity index (χ2n) is 7.67. The first kappa shape index (κ1) is 21.8. The number of amides is 1. The molecule has 1 heterocycles. The molecule has 0 saturated heterocycles. The molecule has 33 heavy (non-hydrogen) atoms. The summed E-state index contributed by atoms with van der Waals surface area (Å²) in [5, 5.41) is 9.65. The predicted octanol–water partition coefficient (Wildman–Crippen LogP) is 4.72. The van der Waals surface area contributed by atoms with Gasteiger partial charge in [0.15, 0.2) is 11.5 Å². The number of esters is 1. The van der Waals surface area contributed by atoms with E-state index in [0.29, 0.717) is 23.4 Å². The zero-order chi connectivity index (χ0) is 23.4. The quantitative estimate of drug-likeness (QED) is 0.249. The van der Waals surface area contributed by atoms with Crippen LogP contribution in [-0.4, -0.2) is 25.5 Å². The first-order valence-corrected chi connectivity index (χ1v) is 10.5. The topological polar surface area (TPSA) is 79.6 Å². The van der Waals surface area contributed by atoms with Crippen molar-refractivity contribution in [2.45, 2.75) is 13.3 Å². The van der Waals surface area contributed by atoms with Crippen LogP contribution in [0.3, 0.4) is 0 Å². The number of nitriles is 1. The summed E-state index contributed by atoms with van der Waals surface area (Å²) in [6, 6.07) is 21.7. The molecule has 1 amide bonds. The van der Waals surface area contributed by atoms with Gasteiger partial charge in [-0.2, -0.15) is 5.26 Å². The molecule has 0 unspecified atom stereocenters. The van der Waals surface area contributed by atoms with Crippen molar-refractivity contribution in [3.8, 4) is 17.6 Å². The highest BCUT2D eigenvalue weighted by Gasteiger charge is 2.26. The maximum atomic E-state index is 13.0. The van der Waals surface area contributed by atoms with Gasteiger partial charge in [0, 0.05) is 12.2 Å². The fraction of sp³-hybridized carbons (Fsp3) is 0.148. The Bertz CT molecular complexity index is 1300. The number of hydrogen-bond acceptors (Lipinski definition) is 5. The highest BCUT2D eigenvalue weighted by molar-refractivity contribution is 6.12. The Balaban J connectivity index is 1.57. The smallest absolute Gasteiger partial charge is 0.343 e. The summed E-state index contributed by atoms with van der Waals surface area (Å²) in [4.78, 5) is 27.2. The van der Waals surface area contributed by atoms with Crippen molar-refractivity contribution >= 4 is 23.6 Å². The number of methoxy groups -OCH3 is 1. The molecular formula is C27H22N2O4. The van der Waals surface area contributed by atoms with Crippen molar-refractivity contribution in [3.05, 3.63) is 94.6 Å². The van der Waals surface area contributed by atoms with Crippen LogP contribution < -0.4 is 14.4 Å². The summed E-state index contributed by atoms with van der Waals surface area (Å²) in [5.41, 5.74) is 3.90. The van der Waals surface area contributed by atoms with E-state index in [9.17, 15) is 14.9 Å². The van der Waals surface area contributed by atoms with Crippen LogP contribution in [0.2, 0.25) is 0 Å². The van der Waals surface area contributed by atoms with Gasteiger partial charge in [-0.15, -0.1) is 0 Å². The van der Waals surface area contributed by atoms with Gasteiger partial charge in [0.25, 0.3) is 5.91 Å². The summed E-state index contributed by atoms with van der Waals surface area (Å²) in [6.07, 6.45) is 2.27. The van der Waals surface area contributed by atoms with Gasteiger partial charge in [-0.05, 0) is 60.9 Å². The lowest BCUT2D eigenvalue weighted by molar-refractivity contribution is -0.114. The average Bonchev–Trinajstić information content (AvgIpc) is 3.27. The van der Waals surface area contributed by atoms with Crippen molar-refractivity contribution in [1.29, 1.82) is 5.26 Å². The van der Waals surface area contributed by atoms with Crippen molar-refractivity contribution in [2.75, 3.05) is 18.6 Å². The van der Waals surface area contributed by atoms with Gasteiger partial charge in [-0.3, -0.25) is 4.79 Å². The molecule has 1 aliphatic heterocycles. The van der Waals surface area contributed by atoms with Gasteiger partial charge >= 0.3 is 5.97 Å². The number of ether oxygens (including phenoxy) is 2. The fourth-order valence-corrected chi connectivity index (χ4v) is 3.79. The van der Waals surface area contributed by atoms with Crippen LogP contribution in [0.25, 0.3) is 6.08 Å². The van der Waals surface area contributed by atoms with E-state index in [1.165, 1.54) is 13.2 Å². The molecule has 3 aromatic carbocycles. The lowest BCUT2D eigenvalue weighted by Gasteiger charge is -2.16. The largest absolute Gasteiger partial charge is 0.493 e. The first-order chi connectivity index (χ1) is 16.0. The molecule has 0 aromatic heterocycles. The molecule has 3 aromatic rings. The van der Waals surface area contributed by atoms with E-state index in [1.807, 2.05) is 43.3 Å². The van der Waals surface area contributed by atoms with Crippen molar-refractivity contribution in [2.24, 2.45) is 0 Å². The van der Waals surface area contributed by atoms with Gasteiger partial charge in [0.1, 0.15) is 11.6 Å². The Morgan fingerprint density at radius 1 is 1.03 bits per heavy atom. The Morgan fingerprint density at radius 2 is 1.85 bits per heavy atom. The molecule has 6 heteroatoms. The van der Waals surface area contributed by atoms with Crippen LogP contribution in [0.4, 0.5) is 5.69 Å². The monoisotopic (exact) mass is 438 g/mol. The summed E-state index contributed by atoms with van der Waals surface area (Å²) < 4.78 is 10.9. The van der Waals surface area contributed by atoms with Crippen LogP contribution in [0.1, 0.15) is 27.0 Å². The second-order valence-corrected chi connectivity index (χ2v) is 7.67. The molecule has 0 fully saturated rings. The minimum Gasteiger partial charge on any atom is -0.493 e. The summed E-state index contributed by atoms with van der Waals surface area (Å²) >= 11 is 0. The van der Waals surface area contributed by atoms with Gasteiger partial charge in [-0.25, -0.2) is 4.79 Å². The molecule has 0 bridgehead atoms. The third-order valence-corrected chi connectivity index (χ3v) is 5.44. The molecule has 0 spiro atoms. The second kappa shape index (κ2) is 9.41. The molecule has 6 nitrogen and oxygen atoms in total.